The number of carbonyl (C=O) groups excluding carboxylic acids is 1. The summed E-state index contributed by atoms with van der Waals surface area (Å²) >= 11 is 0. The molecule has 1 amide bonds. The Morgan fingerprint density at radius 3 is 2.80 bits per heavy atom. The maximum Gasteiger partial charge on any atom is 0.222 e. The van der Waals surface area contributed by atoms with Gasteiger partial charge in [0.2, 0.25) is 5.91 Å². The summed E-state index contributed by atoms with van der Waals surface area (Å²) in [4.78, 5) is 12.8. The van der Waals surface area contributed by atoms with Crippen molar-refractivity contribution in [1.82, 2.24) is 4.90 Å². The largest absolute Gasteiger partial charge is 0.339 e. The van der Waals surface area contributed by atoms with Crippen molar-refractivity contribution in [2.75, 3.05) is 13.1 Å². The van der Waals surface area contributed by atoms with Crippen LogP contribution in [0.4, 0.5) is 0 Å². The van der Waals surface area contributed by atoms with Crippen molar-refractivity contribution < 1.29 is 4.79 Å². The SMILES string of the molecule is C=CCCCC(=O)N1CC1. The molecule has 2 nitrogen and oxygen atoms in total. The van der Waals surface area contributed by atoms with Crippen molar-refractivity contribution >= 4 is 5.91 Å². The average Bonchev–Trinajstić information content (AvgIpc) is 2.69. The van der Waals surface area contributed by atoms with Crippen LogP contribution in [-0.2, 0) is 4.79 Å². The van der Waals surface area contributed by atoms with Crippen molar-refractivity contribution in [3.05, 3.63) is 12.7 Å². The van der Waals surface area contributed by atoms with E-state index in [1.807, 2.05) is 11.0 Å². The lowest BCUT2D eigenvalue weighted by Gasteiger charge is -1.97. The van der Waals surface area contributed by atoms with Crippen LogP contribution in [0.25, 0.3) is 0 Å². The number of hydrogen-bond acceptors (Lipinski definition) is 1. The normalized spacial score (nSPS) is 15.0. The molecule has 0 bridgehead atoms. The Labute approximate surface area is 61.5 Å². The van der Waals surface area contributed by atoms with Crippen LogP contribution >= 0.6 is 0 Å². The van der Waals surface area contributed by atoms with E-state index in [4.69, 9.17) is 0 Å². The van der Waals surface area contributed by atoms with Crippen molar-refractivity contribution in [1.29, 1.82) is 0 Å². The minimum absolute atomic E-state index is 0.307. The van der Waals surface area contributed by atoms with E-state index in [0.29, 0.717) is 12.3 Å². The fraction of sp³-hybridized carbons (Fsp3) is 0.625. The van der Waals surface area contributed by atoms with Gasteiger partial charge in [0.1, 0.15) is 0 Å². The van der Waals surface area contributed by atoms with Crippen LogP contribution in [0.2, 0.25) is 0 Å². The van der Waals surface area contributed by atoms with Gasteiger partial charge in [-0.3, -0.25) is 4.79 Å². The lowest BCUT2D eigenvalue weighted by Crippen LogP contribution is -2.08. The van der Waals surface area contributed by atoms with Gasteiger partial charge in [0.15, 0.2) is 0 Å². The molecule has 1 heterocycles. The van der Waals surface area contributed by atoms with Gasteiger partial charge in [-0.05, 0) is 12.8 Å². The molecule has 0 saturated carbocycles. The monoisotopic (exact) mass is 139 g/mol. The number of allylic oxidation sites excluding steroid dienone is 1. The molecule has 0 unspecified atom stereocenters. The number of hydrogen-bond donors (Lipinski definition) is 0. The van der Waals surface area contributed by atoms with Gasteiger partial charge in [0.05, 0.1) is 0 Å². The topological polar surface area (TPSA) is 20.1 Å². The molecule has 1 aliphatic rings. The fourth-order valence-corrected chi connectivity index (χ4v) is 0.855. The van der Waals surface area contributed by atoms with Crippen molar-refractivity contribution in [3.8, 4) is 0 Å². The predicted molar refractivity (Wildman–Crippen MR) is 40.6 cm³/mol. The molecule has 0 radical (unpaired) electrons. The molecule has 1 aliphatic heterocycles. The van der Waals surface area contributed by atoms with E-state index in [9.17, 15) is 4.79 Å². The molecule has 0 aromatic rings. The number of carbonyl (C=O) groups is 1. The van der Waals surface area contributed by atoms with E-state index in [2.05, 4.69) is 6.58 Å². The van der Waals surface area contributed by atoms with Gasteiger partial charge in [0.25, 0.3) is 0 Å². The first kappa shape index (κ1) is 7.32. The molecule has 0 aromatic carbocycles. The molecule has 56 valence electrons. The summed E-state index contributed by atoms with van der Waals surface area (Å²) in [6.45, 7) is 5.55. The third-order valence-corrected chi connectivity index (χ3v) is 1.60. The molecule has 1 fully saturated rings. The Kier molecular flexibility index (Phi) is 2.49. The minimum Gasteiger partial charge on any atom is -0.339 e. The quantitative estimate of drug-likeness (QED) is 0.325. The first-order valence-corrected chi connectivity index (χ1v) is 3.73. The summed E-state index contributed by atoms with van der Waals surface area (Å²) in [7, 11) is 0. The maximum atomic E-state index is 11.0. The number of nitrogens with zero attached hydrogens (tertiary/aromatic N) is 1. The number of amides is 1. The van der Waals surface area contributed by atoms with E-state index in [1.165, 1.54) is 0 Å². The highest BCUT2D eigenvalue weighted by Gasteiger charge is 2.22. The zero-order chi connectivity index (χ0) is 7.40. The highest BCUT2D eigenvalue weighted by Crippen LogP contribution is 2.08. The van der Waals surface area contributed by atoms with Gasteiger partial charge in [0, 0.05) is 19.5 Å². The van der Waals surface area contributed by atoms with Crippen molar-refractivity contribution in [2.45, 2.75) is 19.3 Å². The van der Waals surface area contributed by atoms with Gasteiger partial charge in [-0.15, -0.1) is 6.58 Å². The van der Waals surface area contributed by atoms with E-state index in [0.717, 1.165) is 25.9 Å². The summed E-state index contributed by atoms with van der Waals surface area (Å²) in [5, 5.41) is 0. The van der Waals surface area contributed by atoms with Gasteiger partial charge in [-0.1, -0.05) is 6.08 Å². The van der Waals surface area contributed by atoms with Crippen LogP contribution in [0.5, 0.6) is 0 Å². The summed E-state index contributed by atoms with van der Waals surface area (Å²) in [5.41, 5.74) is 0. The molecule has 1 rings (SSSR count). The Hall–Kier alpha value is -0.790. The molecule has 0 aromatic heterocycles. The summed E-state index contributed by atoms with van der Waals surface area (Å²) in [6.07, 6.45) is 4.47. The summed E-state index contributed by atoms with van der Waals surface area (Å²) in [6, 6.07) is 0. The second-order valence-corrected chi connectivity index (χ2v) is 2.56. The molecule has 0 spiro atoms. The van der Waals surface area contributed by atoms with E-state index in [-0.39, 0.29) is 0 Å². The zero-order valence-corrected chi connectivity index (χ0v) is 6.18. The second-order valence-electron chi connectivity index (χ2n) is 2.56. The Balaban J connectivity index is 2.00. The molecule has 2 heteroatoms. The molecule has 0 atom stereocenters. The molecule has 0 N–H and O–H groups in total. The highest BCUT2D eigenvalue weighted by molar-refractivity contribution is 5.78. The molecular formula is C8H13NO. The molecule has 10 heavy (non-hydrogen) atoms. The lowest BCUT2D eigenvalue weighted by atomic mass is 10.2. The Morgan fingerprint density at radius 1 is 1.60 bits per heavy atom. The number of unbranched alkanes of at least 4 members (excludes halogenated alkanes) is 1. The van der Waals surface area contributed by atoms with Crippen molar-refractivity contribution in [3.63, 3.8) is 0 Å². The Morgan fingerprint density at radius 2 is 2.30 bits per heavy atom. The second kappa shape index (κ2) is 3.40. The van der Waals surface area contributed by atoms with Crippen LogP contribution in [-0.4, -0.2) is 23.9 Å². The van der Waals surface area contributed by atoms with Gasteiger partial charge < -0.3 is 4.90 Å². The average molecular weight is 139 g/mol. The summed E-state index contributed by atoms with van der Waals surface area (Å²) < 4.78 is 0. The van der Waals surface area contributed by atoms with Gasteiger partial charge >= 0.3 is 0 Å². The Bertz CT molecular complexity index is 138. The smallest absolute Gasteiger partial charge is 0.222 e. The van der Waals surface area contributed by atoms with Crippen LogP contribution in [0.3, 0.4) is 0 Å². The molecule has 0 aliphatic carbocycles. The van der Waals surface area contributed by atoms with Crippen LogP contribution in [0.1, 0.15) is 19.3 Å². The standard InChI is InChI=1S/C8H13NO/c1-2-3-4-5-8(10)9-6-7-9/h2H,1,3-7H2. The minimum atomic E-state index is 0.307. The van der Waals surface area contributed by atoms with E-state index >= 15 is 0 Å². The van der Waals surface area contributed by atoms with E-state index in [1.54, 1.807) is 0 Å². The summed E-state index contributed by atoms with van der Waals surface area (Å²) in [5.74, 6) is 0.307. The fourth-order valence-electron chi connectivity index (χ4n) is 0.855. The van der Waals surface area contributed by atoms with Crippen LogP contribution < -0.4 is 0 Å². The van der Waals surface area contributed by atoms with Crippen LogP contribution in [0.15, 0.2) is 12.7 Å². The van der Waals surface area contributed by atoms with Gasteiger partial charge in [-0.25, -0.2) is 0 Å². The lowest BCUT2D eigenvalue weighted by molar-refractivity contribution is -0.125. The zero-order valence-electron chi connectivity index (χ0n) is 6.18. The highest BCUT2D eigenvalue weighted by atomic mass is 16.2. The van der Waals surface area contributed by atoms with E-state index < -0.39 is 0 Å². The molecule has 1 saturated heterocycles. The first-order valence-electron chi connectivity index (χ1n) is 3.73. The predicted octanol–water partition coefficient (Wildman–Crippen LogP) is 1.18. The number of rotatable bonds is 4. The first-order chi connectivity index (χ1) is 4.84. The van der Waals surface area contributed by atoms with Gasteiger partial charge in [-0.2, -0.15) is 0 Å². The van der Waals surface area contributed by atoms with Crippen molar-refractivity contribution in [2.24, 2.45) is 0 Å². The molecular weight excluding hydrogens is 126 g/mol. The van der Waals surface area contributed by atoms with Crippen LogP contribution in [0, 0.1) is 0 Å². The third kappa shape index (κ3) is 2.21. The maximum absolute atomic E-state index is 11.0. The third-order valence-electron chi connectivity index (χ3n) is 1.60.